The van der Waals surface area contributed by atoms with E-state index in [1.54, 1.807) is 0 Å². The molecule has 0 unspecified atom stereocenters. The maximum atomic E-state index is 6.19. The highest BCUT2D eigenvalue weighted by atomic mass is 79.9. The van der Waals surface area contributed by atoms with Crippen molar-refractivity contribution in [1.82, 2.24) is 19.8 Å². The van der Waals surface area contributed by atoms with Crippen LogP contribution in [0.5, 0.6) is 0 Å². The summed E-state index contributed by atoms with van der Waals surface area (Å²) < 4.78 is 3.44. The molecule has 0 atom stereocenters. The molecular formula is C19H26BBrN4. The van der Waals surface area contributed by atoms with E-state index in [2.05, 4.69) is 49.9 Å². The van der Waals surface area contributed by atoms with Gasteiger partial charge in [-0.3, -0.25) is 0 Å². The first kappa shape index (κ1) is 17.6. The van der Waals surface area contributed by atoms with Crippen molar-refractivity contribution in [3.63, 3.8) is 0 Å². The molecule has 2 aromatic rings. The Morgan fingerprint density at radius 3 is 2.64 bits per heavy atom. The Kier molecular flexibility index (Phi) is 5.21. The monoisotopic (exact) mass is 400 g/mol. The molecule has 2 aliphatic heterocycles. The Morgan fingerprint density at radius 1 is 1.20 bits per heavy atom. The number of rotatable bonds is 3. The zero-order valence-electron chi connectivity index (χ0n) is 15.0. The Hall–Kier alpha value is -0.845. The quantitative estimate of drug-likeness (QED) is 0.803. The third-order valence-electron chi connectivity index (χ3n) is 5.88. The van der Waals surface area contributed by atoms with Crippen molar-refractivity contribution < 1.29 is 0 Å². The lowest BCUT2D eigenvalue weighted by Gasteiger charge is -2.30. The van der Waals surface area contributed by atoms with Crippen LogP contribution in [0.1, 0.15) is 37.4 Å². The summed E-state index contributed by atoms with van der Waals surface area (Å²) in [6, 6.07) is 4.19. The van der Waals surface area contributed by atoms with Gasteiger partial charge in [-0.2, -0.15) is 0 Å². The molecule has 1 aromatic carbocycles. The van der Waals surface area contributed by atoms with Crippen LogP contribution in [0.4, 0.5) is 0 Å². The second-order valence-electron chi connectivity index (χ2n) is 7.71. The SMILES string of the molecule is [B]c1cc2c(cc1Br)nc(C1CCN(C)CC1)n2CC1CCNCC1. The lowest BCUT2D eigenvalue weighted by atomic mass is 9.94. The van der Waals surface area contributed by atoms with Crippen molar-refractivity contribution in [2.24, 2.45) is 5.92 Å². The molecule has 4 rings (SSSR count). The first-order chi connectivity index (χ1) is 12.1. The normalized spacial score (nSPS) is 21.2. The third kappa shape index (κ3) is 3.67. The van der Waals surface area contributed by atoms with E-state index in [0.29, 0.717) is 5.92 Å². The number of benzene rings is 1. The molecule has 0 aliphatic carbocycles. The van der Waals surface area contributed by atoms with Crippen molar-refractivity contribution >= 4 is 40.3 Å². The molecule has 1 N–H and O–H groups in total. The predicted octanol–water partition coefficient (Wildman–Crippen LogP) is 2.40. The third-order valence-corrected chi connectivity index (χ3v) is 6.57. The predicted molar refractivity (Wildman–Crippen MR) is 108 cm³/mol. The number of halogens is 1. The maximum absolute atomic E-state index is 6.19. The number of hydrogen-bond acceptors (Lipinski definition) is 3. The van der Waals surface area contributed by atoms with E-state index in [1.165, 1.54) is 37.0 Å². The number of aromatic nitrogens is 2. The fourth-order valence-corrected chi connectivity index (χ4v) is 4.60. The minimum Gasteiger partial charge on any atom is -0.327 e. The number of hydrogen-bond donors (Lipinski definition) is 1. The highest BCUT2D eigenvalue weighted by Gasteiger charge is 2.26. The van der Waals surface area contributed by atoms with Crippen molar-refractivity contribution in [2.45, 2.75) is 38.1 Å². The zero-order valence-corrected chi connectivity index (χ0v) is 16.6. The number of likely N-dealkylation sites (tertiary alicyclic amines) is 1. The van der Waals surface area contributed by atoms with E-state index in [1.807, 2.05) is 0 Å². The maximum Gasteiger partial charge on any atom is 0.115 e. The highest BCUT2D eigenvalue weighted by molar-refractivity contribution is 9.10. The standard InChI is InChI=1S/C19H26BBrN4/c1-24-8-4-14(5-9-24)19-23-17-11-16(21)15(20)10-18(17)25(19)12-13-2-6-22-7-3-13/h10-11,13-14,22H,2-9,12H2,1H3. The van der Waals surface area contributed by atoms with E-state index in [-0.39, 0.29) is 0 Å². The van der Waals surface area contributed by atoms with E-state index < -0.39 is 0 Å². The molecule has 3 heterocycles. The number of fused-ring (bicyclic) bond motifs is 1. The topological polar surface area (TPSA) is 33.1 Å². The first-order valence-corrected chi connectivity index (χ1v) is 10.3. The van der Waals surface area contributed by atoms with Gasteiger partial charge in [-0.1, -0.05) is 21.4 Å². The van der Waals surface area contributed by atoms with Gasteiger partial charge < -0.3 is 14.8 Å². The molecule has 1 aromatic heterocycles. The fraction of sp³-hybridized carbons (Fsp3) is 0.632. The van der Waals surface area contributed by atoms with Gasteiger partial charge in [-0.05, 0) is 77.0 Å². The van der Waals surface area contributed by atoms with Crippen molar-refractivity contribution in [3.8, 4) is 0 Å². The van der Waals surface area contributed by atoms with Gasteiger partial charge >= 0.3 is 0 Å². The molecule has 2 fully saturated rings. The van der Waals surface area contributed by atoms with Crippen molar-refractivity contribution in [1.29, 1.82) is 0 Å². The Bertz CT molecular complexity index is 745. The Labute approximate surface area is 159 Å². The van der Waals surface area contributed by atoms with Crippen LogP contribution < -0.4 is 10.8 Å². The summed E-state index contributed by atoms with van der Waals surface area (Å²) in [7, 11) is 8.40. The lowest BCUT2D eigenvalue weighted by molar-refractivity contribution is 0.245. The van der Waals surface area contributed by atoms with Crippen LogP contribution in [-0.4, -0.2) is 55.5 Å². The summed E-state index contributed by atoms with van der Waals surface area (Å²) in [4.78, 5) is 7.49. The fourth-order valence-electron chi connectivity index (χ4n) is 4.27. The van der Waals surface area contributed by atoms with Gasteiger partial charge in [0.2, 0.25) is 0 Å². The van der Waals surface area contributed by atoms with Crippen LogP contribution in [0.2, 0.25) is 0 Å². The molecule has 132 valence electrons. The summed E-state index contributed by atoms with van der Waals surface area (Å²) >= 11 is 3.56. The minimum absolute atomic E-state index is 0.560. The largest absolute Gasteiger partial charge is 0.327 e. The average molecular weight is 401 g/mol. The summed E-state index contributed by atoms with van der Waals surface area (Å²) in [5, 5.41) is 3.47. The van der Waals surface area contributed by atoms with Crippen LogP contribution in [0.3, 0.4) is 0 Å². The average Bonchev–Trinajstić information content (AvgIpc) is 2.94. The summed E-state index contributed by atoms with van der Waals surface area (Å²) in [5.41, 5.74) is 3.07. The van der Waals surface area contributed by atoms with E-state index in [4.69, 9.17) is 12.8 Å². The number of piperidine rings is 2. The van der Waals surface area contributed by atoms with Crippen LogP contribution in [-0.2, 0) is 6.54 Å². The van der Waals surface area contributed by atoms with Crippen LogP contribution in [0.25, 0.3) is 11.0 Å². The van der Waals surface area contributed by atoms with Gasteiger partial charge in [-0.25, -0.2) is 4.98 Å². The second-order valence-corrected chi connectivity index (χ2v) is 8.57. The molecule has 2 saturated heterocycles. The van der Waals surface area contributed by atoms with E-state index in [0.717, 1.165) is 54.1 Å². The smallest absolute Gasteiger partial charge is 0.115 e. The first-order valence-electron chi connectivity index (χ1n) is 9.46. The van der Waals surface area contributed by atoms with E-state index in [9.17, 15) is 0 Å². The van der Waals surface area contributed by atoms with Crippen LogP contribution in [0, 0.1) is 5.92 Å². The van der Waals surface area contributed by atoms with Crippen molar-refractivity contribution in [2.75, 3.05) is 33.2 Å². The minimum atomic E-state index is 0.560. The molecule has 0 spiro atoms. The molecule has 0 amide bonds. The van der Waals surface area contributed by atoms with Gasteiger partial charge in [0.15, 0.2) is 0 Å². The van der Waals surface area contributed by atoms with Crippen LogP contribution in [0.15, 0.2) is 16.6 Å². The number of nitrogens with one attached hydrogen (secondary N) is 1. The summed E-state index contributed by atoms with van der Waals surface area (Å²) in [5.74, 6) is 2.57. The molecule has 6 heteroatoms. The summed E-state index contributed by atoms with van der Waals surface area (Å²) in [6.07, 6.45) is 4.89. The molecule has 0 bridgehead atoms. The molecular weight excluding hydrogens is 375 g/mol. The lowest BCUT2D eigenvalue weighted by Crippen LogP contribution is -2.32. The number of nitrogens with zero attached hydrogens (tertiary/aromatic N) is 3. The van der Waals surface area contributed by atoms with Gasteiger partial charge in [0.1, 0.15) is 13.7 Å². The Morgan fingerprint density at radius 2 is 1.92 bits per heavy atom. The highest BCUT2D eigenvalue weighted by Crippen LogP contribution is 2.32. The molecule has 0 saturated carbocycles. The molecule has 2 aliphatic rings. The van der Waals surface area contributed by atoms with Gasteiger partial charge in [-0.15, -0.1) is 0 Å². The molecule has 2 radical (unpaired) electrons. The van der Waals surface area contributed by atoms with Gasteiger partial charge in [0.25, 0.3) is 0 Å². The van der Waals surface area contributed by atoms with E-state index >= 15 is 0 Å². The molecule has 4 nitrogen and oxygen atoms in total. The summed E-state index contributed by atoms with van der Waals surface area (Å²) in [6.45, 7) is 5.66. The number of imidazole rings is 1. The molecule has 25 heavy (non-hydrogen) atoms. The Balaban J connectivity index is 1.72. The zero-order chi connectivity index (χ0) is 17.4. The van der Waals surface area contributed by atoms with Gasteiger partial charge in [0, 0.05) is 16.9 Å². The van der Waals surface area contributed by atoms with Crippen molar-refractivity contribution in [3.05, 3.63) is 22.4 Å². The van der Waals surface area contributed by atoms with Crippen LogP contribution >= 0.6 is 15.9 Å². The van der Waals surface area contributed by atoms with Gasteiger partial charge in [0.05, 0.1) is 11.0 Å². The second kappa shape index (κ2) is 7.41.